The predicted octanol–water partition coefficient (Wildman–Crippen LogP) is 4.32. The van der Waals surface area contributed by atoms with Crippen molar-refractivity contribution in [3.8, 4) is 0 Å². The van der Waals surface area contributed by atoms with Crippen LogP contribution < -0.4 is 0 Å². The molecule has 1 amide bonds. The van der Waals surface area contributed by atoms with Crippen LogP contribution in [0.3, 0.4) is 0 Å². The van der Waals surface area contributed by atoms with Crippen LogP contribution in [0.4, 0.5) is 5.69 Å². The first-order valence-corrected chi connectivity index (χ1v) is 9.13. The monoisotopic (exact) mass is 380 g/mol. The number of carbonyl (C=O) groups excluding carboxylic acids is 1. The van der Waals surface area contributed by atoms with Gasteiger partial charge in [-0.25, -0.2) is 0 Å². The minimum Gasteiger partial charge on any atom is -0.334 e. The van der Waals surface area contributed by atoms with Crippen molar-refractivity contribution in [2.45, 2.75) is 31.2 Å². The second-order valence-electron chi connectivity index (χ2n) is 6.95. The lowest BCUT2D eigenvalue weighted by Crippen LogP contribution is -2.42. The molecule has 120 valence electrons. The number of benzene rings is 2. The summed E-state index contributed by atoms with van der Waals surface area (Å²) in [6.07, 6.45) is 1.46. The van der Waals surface area contributed by atoms with Gasteiger partial charge in [0.05, 0.1) is 17.1 Å². The molecule has 2 aromatic carbocycles. The van der Waals surface area contributed by atoms with Crippen molar-refractivity contribution in [3.63, 3.8) is 0 Å². The Morgan fingerprint density at radius 3 is 2.96 bits per heavy atom. The number of hydrogen-bond acceptors (Lipinski definition) is 2. The van der Waals surface area contributed by atoms with Gasteiger partial charge in [0.2, 0.25) is 5.91 Å². The van der Waals surface area contributed by atoms with Crippen molar-refractivity contribution in [2.75, 3.05) is 6.54 Å². The molecular weight excluding hydrogens is 364 g/mol. The number of amides is 1. The summed E-state index contributed by atoms with van der Waals surface area (Å²) in [6.45, 7) is 2.89. The van der Waals surface area contributed by atoms with Gasteiger partial charge in [-0.3, -0.25) is 9.79 Å². The number of nitrogens with zero attached hydrogens (tertiary/aromatic N) is 2. The molecule has 4 heteroatoms. The lowest BCUT2D eigenvalue weighted by Gasteiger charge is -2.40. The molecule has 0 aromatic heterocycles. The predicted molar refractivity (Wildman–Crippen MR) is 97.8 cm³/mol. The molecule has 3 aliphatic rings. The third-order valence-electron chi connectivity index (χ3n) is 5.87. The molecule has 1 spiro atoms. The van der Waals surface area contributed by atoms with Gasteiger partial charge in [-0.15, -0.1) is 0 Å². The van der Waals surface area contributed by atoms with Crippen LogP contribution in [-0.2, 0) is 16.6 Å². The second kappa shape index (κ2) is 4.79. The van der Waals surface area contributed by atoms with E-state index in [-0.39, 0.29) is 17.4 Å². The van der Waals surface area contributed by atoms with Crippen LogP contribution in [0.25, 0.3) is 0 Å². The van der Waals surface area contributed by atoms with Gasteiger partial charge >= 0.3 is 0 Å². The number of carbonyl (C=O) groups is 1. The maximum Gasteiger partial charge on any atom is 0.224 e. The van der Waals surface area contributed by atoms with E-state index in [0.29, 0.717) is 6.42 Å². The van der Waals surface area contributed by atoms with Gasteiger partial charge in [-0.1, -0.05) is 40.2 Å². The number of hydrogen-bond donors (Lipinski definition) is 0. The highest BCUT2D eigenvalue weighted by Crippen LogP contribution is 2.58. The van der Waals surface area contributed by atoms with Gasteiger partial charge < -0.3 is 4.90 Å². The molecule has 1 saturated heterocycles. The van der Waals surface area contributed by atoms with E-state index in [9.17, 15) is 4.79 Å². The Hall–Kier alpha value is -1.94. The Kier molecular flexibility index (Phi) is 2.88. The molecule has 0 saturated carbocycles. The van der Waals surface area contributed by atoms with Crippen LogP contribution in [0.1, 0.15) is 36.1 Å². The summed E-state index contributed by atoms with van der Waals surface area (Å²) in [7, 11) is 0. The first kappa shape index (κ1) is 14.4. The maximum absolute atomic E-state index is 12.9. The number of rotatable bonds is 0. The Bertz CT molecular complexity index is 920. The fourth-order valence-corrected chi connectivity index (χ4v) is 5.17. The molecule has 2 aromatic rings. The first-order chi connectivity index (χ1) is 11.6. The van der Waals surface area contributed by atoms with Gasteiger partial charge in [0.1, 0.15) is 0 Å². The highest BCUT2D eigenvalue weighted by molar-refractivity contribution is 9.10. The van der Waals surface area contributed by atoms with E-state index >= 15 is 0 Å². The SMILES string of the molecule is CC1=Nc2ccc(Br)cc2[C@@]12CC(=O)N1CCc3ccccc3[C@@H]12. The number of fused-ring (bicyclic) bond motifs is 6. The van der Waals surface area contributed by atoms with Crippen molar-refractivity contribution in [1.29, 1.82) is 0 Å². The third-order valence-corrected chi connectivity index (χ3v) is 6.37. The normalized spacial score (nSPS) is 27.1. The average molecular weight is 381 g/mol. The molecule has 3 aliphatic heterocycles. The summed E-state index contributed by atoms with van der Waals surface area (Å²) in [4.78, 5) is 19.8. The molecule has 2 atom stereocenters. The zero-order chi connectivity index (χ0) is 16.5. The zero-order valence-corrected chi connectivity index (χ0v) is 15.0. The van der Waals surface area contributed by atoms with Crippen molar-refractivity contribution >= 4 is 33.2 Å². The Labute approximate surface area is 149 Å². The summed E-state index contributed by atoms with van der Waals surface area (Å²) in [5, 5.41) is 0. The highest BCUT2D eigenvalue weighted by Gasteiger charge is 2.59. The van der Waals surface area contributed by atoms with Crippen LogP contribution >= 0.6 is 15.9 Å². The topological polar surface area (TPSA) is 32.7 Å². The van der Waals surface area contributed by atoms with Crippen molar-refractivity contribution in [3.05, 3.63) is 63.6 Å². The van der Waals surface area contributed by atoms with E-state index in [4.69, 9.17) is 4.99 Å². The molecule has 1 fully saturated rings. The molecule has 0 N–H and O–H groups in total. The van der Waals surface area contributed by atoms with Gasteiger partial charge in [-0.2, -0.15) is 0 Å². The van der Waals surface area contributed by atoms with Gasteiger partial charge in [0, 0.05) is 23.1 Å². The van der Waals surface area contributed by atoms with Crippen LogP contribution in [0, 0.1) is 0 Å². The molecule has 0 unspecified atom stereocenters. The molecule has 3 nitrogen and oxygen atoms in total. The van der Waals surface area contributed by atoms with Gasteiger partial charge in [-0.05, 0) is 48.2 Å². The summed E-state index contributed by atoms with van der Waals surface area (Å²) >= 11 is 3.60. The fraction of sp³-hybridized carbons (Fsp3) is 0.300. The maximum atomic E-state index is 12.9. The van der Waals surface area contributed by atoms with Crippen LogP contribution in [0.5, 0.6) is 0 Å². The lowest BCUT2D eigenvalue weighted by molar-refractivity contribution is -0.129. The van der Waals surface area contributed by atoms with Gasteiger partial charge in [0.25, 0.3) is 0 Å². The first-order valence-electron chi connectivity index (χ1n) is 8.34. The third kappa shape index (κ3) is 1.67. The number of aliphatic imine (C=N–C) groups is 1. The standard InChI is InChI=1S/C20H17BrN2O/c1-12-20(16-10-14(21)6-7-17(16)22-12)11-18(24)23-9-8-13-4-2-3-5-15(13)19(20)23/h2-7,10,19H,8-9,11H2,1H3/t19-,20-/m1/s1. The molecule has 3 heterocycles. The van der Waals surface area contributed by atoms with Crippen molar-refractivity contribution in [2.24, 2.45) is 4.99 Å². The Morgan fingerprint density at radius 2 is 2.08 bits per heavy atom. The molecule has 24 heavy (non-hydrogen) atoms. The van der Waals surface area contributed by atoms with E-state index in [0.717, 1.165) is 28.8 Å². The molecular formula is C20H17BrN2O. The van der Waals surface area contributed by atoms with Crippen molar-refractivity contribution < 1.29 is 4.79 Å². The largest absolute Gasteiger partial charge is 0.334 e. The van der Waals surface area contributed by atoms with Gasteiger partial charge in [0.15, 0.2) is 0 Å². The zero-order valence-electron chi connectivity index (χ0n) is 13.4. The van der Waals surface area contributed by atoms with E-state index < -0.39 is 0 Å². The van der Waals surface area contributed by atoms with E-state index in [1.54, 1.807) is 0 Å². The minimum absolute atomic E-state index is 0.0641. The van der Waals surface area contributed by atoms with E-state index in [2.05, 4.69) is 64.2 Å². The molecule has 0 aliphatic carbocycles. The Morgan fingerprint density at radius 1 is 1.25 bits per heavy atom. The van der Waals surface area contributed by atoms with Crippen LogP contribution in [0.2, 0.25) is 0 Å². The summed E-state index contributed by atoms with van der Waals surface area (Å²) < 4.78 is 1.04. The van der Waals surface area contributed by atoms with Crippen LogP contribution in [-0.4, -0.2) is 23.1 Å². The smallest absolute Gasteiger partial charge is 0.224 e. The minimum atomic E-state index is -0.327. The van der Waals surface area contributed by atoms with Crippen molar-refractivity contribution in [1.82, 2.24) is 4.90 Å². The average Bonchev–Trinajstić information content (AvgIpc) is 3.04. The summed E-state index contributed by atoms with van der Waals surface area (Å²) in [5.74, 6) is 0.247. The van der Waals surface area contributed by atoms with E-state index in [1.807, 2.05) is 6.07 Å². The van der Waals surface area contributed by atoms with E-state index in [1.165, 1.54) is 16.7 Å². The quantitative estimate of drug-likeness (QED) is 0.669. The number of halogens is 1. The second-order valence-corrected chi connectivity index (χ2v) is 7.86. The highest BCUT2D eigenvalue weighted by atomic mass is 79.9. The fourth-order valence-electron chi connectivity index (χ4n) is 4.81. The molecule has 5 rings (SSSR count). The molecule has 0 bridgehead atoms. The lowest BCUT2D eigenvalue weighted by atomic mass is 9.68. The Balaban J connectivity index is 1.80. The molecule has 0 radical (unpaired) electrons. The van der Waals surface area contributed by atoms with Crippen LogP contribution in [0.15, 0.2) is 51.9 Å². The summed E-state index contributed by atoms with van der Waals surface area (Å²) in [5.41, 5.74) is 5.58. The summed E-state index contributed by atoms with van der Waals surface area (Å²) in [6, 6.07) is 14.9.